The summed E-state index contributed by atoms with van der Waals surface area (Å²) < 4.78 is 17.6. The molecule has 4 nitrogen and oxygen atoms in total. The summed E-state index contributed by atoms with van der Waals surface area (Å²) in [5.41, 5.74) is 2.25. The molecule has 0 spiro atoms. The molecule has 0 aromatic rings. The van der Waals surface area contributed by atoms with E-state index >= 15 is 0 Å². The van der Waals surface area contributed by atoms with Crippen molar-refractivity contribution in [2.24, 2.45) is 11.3 Å². The molecule has 0 N–H and O–H groups in total. The van der Waals surface area contributed by atoms with E-state index in [0.717, 1.165) is 50.6 Å². The fourth-order valence-corrected chi connectivity index (χ4v) is 4.78. The molecule has 0 aliphatic heterocycles. The molecule has 0 saturated carbocycles. The lowest BCUT2D eigenvalue weighted by atomic mass is 9.80. The number of allylic oxidation sites excluding steroid dienone is 3. The molecule has 1 rings (SSSR count). The highest BCUT2D eigenvalue weighted by Crippen LogP contribution is 2.41. The summed E-state index contributed by atoms with van der Waals surface area (Å²) >= 11 is 0. The van der Waals surface area contributed by atoms with Crippen LogP contribution in [0.2, 0.25) is 18.1 Å². The van der Waals surface area contributed by atoms with E-state index in [2.05, 4.69) is 66.8 Å². The van der Waals surface area contributed by atoms with Gasteiger partial charge in [0.25, 0.3) is 0 Å². The summed E-state index contributed by atoms with van der Waals surface area (Å²) in [6, 6.07) is 0. The quantitative estimate of drug-likeness (QED) is 0.139. The van der Waals surface area contributed by atoms with Crippen LogP contribution < -0.4 is 0 Å². The molecule has 0 aromatic heterocycles. The highest BCUT2D eigenvalue weighted by Gasteiger charge is 2.37. The van der Waals surface area contributed by atoms with Crippen molar-refractivity contribution in [3.8, 4) is 0 Å². The zero-order valence-electron chi connectivity index (χ0n) is 21.0. The van der Waals surface area contributed by atoms with Gasteiger partial charge in [-0.2, -0.15) is 0 Å². The molecular weight excluding hydrogens is 392 g/mol. The fraction of sp³-hybridized carbons (Fsp3) is 0.800. The summed E-state index contributed by atoms with van der Waals surface area (Å²) in [6.45, 7) is 19.1. The third-order valence-electron chi connectivity index (χ3n) is 6.96. The van der Waals surface area contributed by atoms with Crippen molar-refractivity contribution >= 4 is 14.6 Å². The SMILES string of the molecule is COCOC(C/C(C)=C/C[C@]1(C)CCC=C1C=O)C[C@@H](C)CO[Si](C)(C)C(C)(C)C. The van der Waals surface area contributed by atoms with E-state index in [1.54, 1.807) is 7.11 Å². The molecule has 0 aromatic carbocycles. The zero-order valence-corrected chi connectivity index (χ0v) is 22.0. The molecule has 1 unspecified atom stereocenters. The lowest BCUT2D eigenvalue weighted by Crippen LogP contribution is -2.42. The second kappa shape index (κ2) is 11.7. The Morgan fingerprint density at radius 3 is 2.57 bits per heavy atom. The monoisotopic (exact) mass is 438 g/mol. The maximum atomic E-state index is 11.3. The highest BCUT2D eigenvalue weighted by molar-refractivity contribution is 6.74. The predicted molar refractivity (Wildman–Crippen MR) is 128 cm³/mol. The lowest BCUT2D eigenvalue weighted by molar-refractivity contribution is -0.105. The van der Waals surface area contributed by atoms with Gasteiger partial charge in [0.05, 0.1) is 6.10 Å². The first-order chi connectivity index (χ1) is 13.8. The van der Waals surface area contributed by atoms with E-state index in [0.29, 0.717) is 12.7 Å². The number of hydrogen-bond donors (Lipinski definition) is 0. The van der Waals surface area contributed by atoms with Crippen LogP contribution in [0.1, 0.15) is 73.6 Å². The summed E-state index contributed by atoms with van der Waals surface area (Å²) in [5.74, 6) is 0.422. The van der Waals surface area contributed by atoms with E-state index in [1.165, 1.54) is 5.57 Å². The Bertz CT molecular complexity index is 603. The van der Waals surface area contributed by atoms with Gasteiger partial charge in [0.2, 0.25) is 0 Å². The molecule has 0 fully saturated rings. The van der Waals surface area contributed by atoms with Crippen LogP contribution in [0.3, 0.4) is 0 Å². The van der Waals surface area contributed by atoms with Gasteiger partial charge in [-0.25, -0.2) is 0 Å². The van der Waals surface area contributed by atoms with Crippen molar-refractivity contribution < 1.29 is 18.7 Å². The summed E-state index contributed by atoms with van der Waals surface area (Å²) in [6.07, 6.45) is 10.3. The number of carbonyl (C=O) groups excluding carboxylic acids is 1. The highest BCUT2D eigenvalue weighted by atomic mass is 28.4. The minimum Gasteiger partial charge on any atom is -0.417 e. The second-order valence-electron chi connectivity index (χ2n) is 10.9. The van der Waals surface area contributed by atoms with E-state index in [9.17, 15) is 4.79 Å². The number of methoxy groups -OCH3 is 1. The Morgan fingerprint density at radius 2 is 2.00 bits per heavy atom. The van der Waals surface area contributed by atoms with Crippen molar-refractivity contribution in [3.63, 3.8) is 0 Å². The van der Waals surface area contributed by atoms with Crippen LogP contribution in [0.4, 0.5) is 0 Å². The van der Waals surface area contributed by atoms with Gasteiger partial charge in [0, 0.05) is 13.7 Å². The van der Waals surface area contributed by atoms with E-state index in [1.807, 2.05) is 0 Å². The van der Waals surface area contributed by atoms with Crippen LogP contribution in [0.5, 0.6) is 0 Å². The van der Waals surface area contributed by atoms with Crippen molar-refractivity contribution in [2.45, 2.75) is 97.9 Å². The molecule has 3 atom stereocenters. The van der Waals surface area contributed by atoms with Gasteiger partial charge < -0.3 is 13.9 Å². The van der Waals surface area contributed by atoms with Crippen molar-refractivity contribution in [3.05, 3.63) is 23.3 Å². The normalized spacial score (nSPS) is 22.7. The molecule has 0 radical (unpaired) electrons. The maximum absolute atomic E-state index is 11.3. The number of aldehydes is 1. The minimum atomic E-state index is -1.73. The molecule has 1 aliphatic carbocycles. The van der Waals surface area contributed by atoms with Crippen molar-refractivity contribution in [1.82, 2.24) is 0 Å². The van der Waals surface area contributed by atoms with Gasteiger partial charge in [0.15, 0.2) is 8.32 Å². The number of hydrogen-bond acceptors (Lipinski definition) is 4. The topological polar surface area (TPSA) is 44.8 Å². The second-order valence-corrected chi connectivity index (χ2v) is 15.8. The number of carbonyl (C=O) groups is 1. The Morgan fingerprint density at radius 1 is 1.33 bits per heavy atom. The Balaban J connectivity index is 2.66. The van der Waals surface area contributed by atoms with Gasteiger partial charge in [-0.05, 0) is 74.1 Å². The number of ether oxygens (including phenoxy) is 2. The molecule has 0 saturated heterocycles. The van der Waals surface area contributed by atoms with Gasteiger partial charge in [0.1, 0.15) is 13.1 Å². The summed E-state index contributed by atoms with van der Waals surface area (Å²) in [4.78, 5) is 11.3. The molecular formula is C25H46O4Si. The Hall–Kier alpha value is -0.753. The van der Waals surface area contributed by atoms with Gasteiger partial charge in [-0.1, -0.05) is 52.3 Å². The standard InChI is InChI=1S/C25H46O4Si/c1-20(12-14-25(6)13-10-11-22(25)17-26)15-23(28-19-27-7)16-21(2)18-29-30(8,9)24(3,4)5/h11-12,17,21,23H,10,13-16,18-19H2,1-9H3/b20-12+/t21-,23?,25+/m1/s1. The van der Waals surface area contributed by atoms with Crippen LogP contribution in [-0.4, -0.2) is 41.2 Å². The first kappa shape index (κ1) is 27.3. The smallest absolute Gasteiger partial charge is 0.191 e. The third-order valence-corrected chi connectivity index (χ3v) is 11.5. The Labute approximate surface area is 186 Å². The predicted octanol–water partition coefficient (Wildman–Crippen LogP) is 6.68. The van der Waals surface area contributed by atoms with Crippen molar-refractivity contribution in [1.29, 1.82) is 0 Å². The van der Waals surface area contributed by atoms with E-state index < -0.39 is 8.32 Å². The first-order valence-electron chi connectivity index (χ1n) is 11.4. The molecule has 0 amide bonds. The molecule has 1 aliphatic rings. The van der Waals surface area contributed by atoms with Crippen LogP contribution in [0, 0.1) is 11.3 Å². The van der Waals surface area contributed by atoms with Crippen LogP contribution >= 0.6 is 0 Å². The fourth-order valence-electron chi connectivity index (χ4n) is 3.65. The maximum Gasteiger partial charge on any atom is 0.191 e. The molecule has 30 heavy (non-hydrogen) atoms. The van der Waals surface area contributed by atoms with Gasteiger partial charge >= 0.3 is 0 Å². The third kappa shape index (κ3) is 8.41. The average Bonchev–Trinajstić information content (AvgIpc) is 3.03. The largest absolute Gasteiger partial charge is 0.417 e. The first-order valence-corrected chi connectivity index (χ1v) is 14.3. The minimum absolute atomic E-state index is 0.0177. The zero-order chi connectivity index (χ0) is 23.0. The Kier molecular flexibility index (Phi) is 10.7. The van der Waals surface area contributed by atoms with E-state index in [4.69, 9.17) is 13.9 Å². The molecule has 0 heterocycles. The van der Waals surface area contributed by atoms with E-state index in [-0.39, 0.29) is 16.6 Å². The molecule has 0 bridgehead atoms. The molecule has 5 heteroatoms. The summed E-state index contributed by atoms with van der Waals surface area (Å²) in [5, 5.41) is 0.225. The van der Waals surface area contributed by atoms with Crippen molar-refractivity contribution in [2.75, 3.05) is 20.5 Å². The lowest BCUT2D eigenvalue weighted by Gasteiger charge is -2.37. The van der Waals surface area contributed by atoms with Crippen LogP contribution in [0.25, 0.3) is 0 Å². The van der Waals surface area contributed by atoms with Gasteiger partial charge in [-0.3, -0.25) is 4.79 Å². The molecule has 174 valence electrons. The summed E-state index contributed by atoms with van der Waals surface area (Å²) in [7, 11) is -0.0686. The van der Waals surface area contributed by atoms with Crippen LogP contribution in [0.15, 0.2) is 23.3 Å². The van der Waals surface area contributed by atoms with Gasteiger partial charge in [-0.15, -0.1) is 0 Å². The number of rotatable bonds is 13. The van der Waals surface area contributed by atoms with Crippen LogP contribution in [-0.2, 0) is 18.7 Å². The average molecular weight is 439 g/mol.